The summed E-state index contributed by atoms with van der Waals surface area (Å²) in [6.45, 7) is 4.18. The number of aromatic nitrogens is 2. The maximum atomic E-state index is 11.8. The second kappa shape index (κ2) is 5.49. The molecule has 0 amide bonds. The normalized spacial score (nSPS) is 12.1. The molecule has 0 bridgehead atoms. The first-order valence-electron chi connectivity index (χ1n) is 5.98. The molecule has 0 saturated heterocycles. The molecular weight excluding hydrogens is 228 g/mol. The van der Waals surface area contributed by atoms with Gasteiger partial charge >= 0.3 is 7.40 Å². The third-order valence-electron chi connectivity index (χ3n) is 2.85. The molecule has 4 heteroatoms. The average molecular weight is 245 g/mol. The van der Waals surface area contributed by atoms with Gasteiger partial charge in [-0.3, -0.25) is 0 Å². The number of nitrogens with zero attached hydrogens (tertiary/aromatic N) is 2. The quantitative estimate of drug-likeness (QED) is 0.778. The number of hydrogen-bond acceptors (Lipinski definition) is 3. The van der Waals surface area contributed by atoms with Gasteiger partial charge in [0.15, 0.2) is 0 Å². The van der Waals surface area contributed by atoms with Crippen molar-refractivity contribution in [2.75, 3.05) is 6.61 Å². The van der Waals surface area contributed by atoms with Crippen LogP contribution in [0.1, 0.15) is 37.4 Å². The molecule has 1 heterocycles. The van der Waals surface area contributed by atoms with Crippen LogP contribution in [0.25, 0.3) is 0 Å². The SMILES string of the molecule is CCOC(=O)c1cncn1C(C)c1ccccc1.[H+]. The van der Waals surface area contributed by atoms with Gasteiger partial charge in [0.05, 0.1) is 25.2 Å². The highest BCUT2D eigenvalue weighted by Gasteiger charge is 2.17. The number of hydrogen-bond donors (Lipinski definition) is 0. The fraction of sp³-hybridized carbons (Fsp3) is 0.286. The van der Waals surface area contributed by atoms with Crippen LogP contribution in [0.5, 0.6) is 0 Å². The summed E-state index contributed by atoms with van der Waals surface area (Å²) in [5, 5.41) is 0. The van der Waals surface area contributed by atoms with E-state index in [1.165, 1.54) is 6.20 Å². The van der Waals surface area contributed by atoms with E-state index in [1.807, 2.05) is 41.8 Å². The molecule has 0 spiro atoms. The van der Waals surface area contributed by atoms with E-state index < -0.39 is 0 Å². The minimum absolute atomic E-state index is 0. The topological polar surface area (TPSA) is 44.1 Å². The van der Waals surface area contributed by atoms with E-state index in [4.69, 9.17) is 4.74 Å². The van der Waals surface area contributed by atoms with Crippen LogP contribution in [0, 0.1) is 0 Å². The van der Waals surface area contributed by atoms with Crippen molar-refractivity contribution >= 4 is 5.97 Å². The van der Waals surface area contributed by atoms with Gasteiger partial charge in [0.2, 0.25) is 0 Å². The molecule has 2 rings (SSSR count). The first-order valence-corrected chi connectivity index (χ1v) is 5.98. The van der Waals surface area contributed by atoms with E-state index in [-0.39, 0.29) is 13.4 Å². The van der Waals surface area contributed by atoms with Crippen LogP contribution in [0.15, 0.2) is 42.9 Å². The Bertz CT molecular complexity index is 525. The van der Waals surface area contributed by atoms with E-state index in [1.54, 1.807) is 13.3 Å². The Morgan fingerprint density at radius 3 is 2.83 bits per heavy atom. The summed E-state index contributed by atoms with van der Waals surface area (Å²) in [5.41, 5.74) is 1.61. The molecule has 0 fully saturated rings. The maximum Gasteiger partial charge on any atom is 1.00 e. The Hall–Kier alpha value is -2.10. The first kappa shape index (κ1) is 12.4. The summed E-state index contributed by atoms with van der Waals surface area (Å²) in [4.78, 5) is 15.8. The second-order valence-electron chi connectivity index (χ2n) is 3.99. The standard InChI is InChI=1S/C14H16N2O2/c1-3-18-14(17)13-9-15-10-16(13)11(2)12-7-5-4-6-8-12/h4-11H,3H2,1-2H3/p+1. The van der Waals surface area contributed by atoms with Gasteiger partial charge in [-0.15, -0.1) is 0 Å². The lowest BCUT2D eigenvalue weighted by Gasteiger charge is -2.16. The Morgan fingerprint density at radius 2 is 2.17 bits per heavy atom. The summed E-state index contributed by atoms with van der Waals surface area (Å²) >= 11 is 0. The molecule has 94 valence electrons. The summed E-state index contributed by atoms with van der Waals surface area (Å²) in [5.74, 6) is -0.335. The van der Waals surface area contributed by atoms with Crippen molar-refractivity contribution in [3.8, 4) is 0 Å². The predicted molar refractivity (Wildman–Crippen MR) is 69.6 cm³/mol. The first-order chi connectivity index (χ1) is 8.74. The zero-order chi connectivity index (χ0) is 13.0. The smallest absolute Gasteiger partial charge is 0.461 e. The molecule has 0 radical (unpaired) electrons. The molecular formula is C14H17N2O2+. The monoisotopic (exact) mass is 245 g/mol. The molecule has 0 saturated carbocycles. The number of imidazole rings is 1. The molecule has 2 aromatic rings. The van der Waals surface area contributed by atoms with Gasteiger partial charge in [0.1, 0.15) is 5.69 Å². The van der Waals surface area contributed by atoms with Gasteiger partial charge in [0.25, 0.3) is 0 Å². The molecule has 0 N–H and O–H groups in total. The van der Waals surface area contributed by atoms with Crippen LogP contribution in [0.2, 0.25) is 0 Å². The summed E-state index contributed by atoms with van der Waals surface area (Å²) in [6, 6.07) is 10.0. The Morgan fingerprint density at radius 1 is 1.44 bits per heavy atom. The van der Waals surface area contributed by atoms with E-state index in [0.29, 0.717) is 12.3 Å². The van der Waals surface area contributed by atoms with Crippen LogP contribution in [0.4, 0.5) is 0 Å². The number of carbonyl (C=O) groups excluding carboxylic acids is 1. The Kier molecular flexibility index (Phi) is 3.77. The maximum absolute atomic E-state index is 11.8. The fourth-order valence-corrected chi connectivity index (χ4v) is 1.87. The molecule has 18 heavy (non-hydrogen) atoms. The lowest BCUT2D eigenvalue weighted by Crippen LogP contribution is -2.15. The zero-order valence-corrected chi connectivity index (χ0v) is 10.5. The van der Waals surface area contributed by atoms with Crippen molar-refractivity contribution in [1.29, 1.82) is 0 Å². The van der Waals surface area contributed by atoms with Crippen LogP contribution >= 0.6 is 0 Å². The average Bonchev–Trinajstić information content (AvgIpc) is 2.88. The number of esters is 1. The molecule has 0 aliphatic rings. The highest BCUT2D eigenvalue weighted by atomic mass is 16.5. The van der Waals surface area contributed by atoms with Gasteiger partial charge in [-0.25, -0.2) is 9.78 Å². The zero-order valence-electron chi connectivity index (χ0n) is 11.5. The molecule has 0 aliphatic heterocycles. The molecule has 1 aromatic carbocycles. The predicted octanol–water partition coefficient (Wildman–Crippen LogP) is 2.78. The van der Waals surface area contributed by atoms with Crippen molar-refractivity contribution in [3.05, 3.63) is 54.1 Å². The summed E-state index contributed by atoms with van der Waals surface area (Å²) in [6.07, 6.45) is 3.20. The van der Waals surface area contributed by atoms with E-state index >= 15 is 0 Å². The minimum Gasteiger partial charge on any atom is -0.461 e. The third kappa shape index (κ3) is 2.42. The van der Waals surface area contributed by atoms with Crippen LogP contribution in [-0.4, -0.2) is 22.1 Å². The molecule has 4 nitrogen and oxygen atoms in total. The Labute approximate surface area is 108 Å². The fourth-order valence-electron chi connectivity index (χ4n) is 1.87. The molecule has 1 aromatic heterocycles. The number of carbonyl (C=O) groups is 1. The van der Waals surface area contributed by atoms with Gasteiger partial charge in [-0.2, -0.15) is 0 Å². The van der Waals surface area contributed by atoms with Crippen LogP contribution < -0.4 is 0 Å². The highest BCUT2D eigenvalue weighted by molar-refractivity contribution is 5.87. The van der Waals surface area contributed by atoms with E-state index in [2.05, 4.69) is 4.98 Å². The van der Waals surface area contributed by atoms with Gasteiger partial charge in [-0.1, -0.05) is 30.3 Å². The number of benzene rings is 1. The van der Waals surface area contributed by atoms with Crippen molar-refractivity contribution in [1.82, 2.24) is 9.55 Å². The van der Waals surface area contributed by atoms with Crippen molar-refractivity contribution in [2.24, 2.45) is 0 Å². The van der Waals surface area contributed by atoms with Crippen molar-refractivity contribution in [2.45, 2.75) is 19.9 Å². The number of rotatable bonds is 4. The Balaban J connectivity index is 0.00000180. The number of ether oxygens (including phenoxy) is 1. The third-order valence-corrected chi connectivity index (χ3v) is 2.85. The minimum atomic E-state index is -0.335. The highest BCUT2D eigenvalue weighted by Crippen LogP contribution is 2.19. The summed E-state index contributed by atoms with van der Waals surface area (Å²) < 4.78 is 6.84. The van der Waals surface area contributed by atoms with E-state index in [0.717, 1.165) is 5.56 Å². The largest absolute Gasteiger partial charge is 1.00 e. The van der Waals surface area contributed by atoms with Crippen LogP contribution in [0.3, 0.4) is 0 Å². The van der Waals surface area contributed by atoms with Gasteiger partial charge < -0.3 is 9.30 Å². The molecule has 1 unspecified atom stereocenters. The summed E-state index contributed by atoms with van der Waals surface area (Å²) in [7, 11) is 0. The second-order valence-corrected chi connectivity index (χ2v) is 3.99. The van der Waals surface area contributed by atoms with Gasteiger partial charge in [0, 0.05) is 0 Å². The molecule has 0 aliphatic carbocycles. The lowest BCUT2D eigenvalue weighted by atomic mass is 10.1. The molecule has 1 atom stereocenters. The van der Waals surface area contributed by atoms with E-state index in [9.17, 15) is 4.79 Å². The lowest BCUT2D eigenvalue weighted by molar-refractivity contribution is 0.0512. The van der Waals surface area contributed by atoms with Crippen molar-refractivity contribution in [3.63, 3.8) is 0 Å². The van der Waals surface area contributed by atoms with Crippen molar-refractivity contribution < 1.29 is 11.0 Å². The van der Waals surface area contributed by atoms with Gasteiger partial charge in [-0.05, 0) is 19.4 Å². The van der Waals surface area contributed by atoms with Crippen LogP contribution in [-0.2, 0) is 4.74 Å².